The maximum atomic E-state index is 12.1. The lowest BCUT2D eigenvalue weighted by Crippen LogP contribution is -2.25. The molecule has 156 valence electrons. The number of thiazole rings is 1. The van der Waals surface area contributed by atoms with Gasteiger partial charge in [-0.1, -0.05) is 0 Å². The number of anilines is 1. The van der Waals surface area contributed by atoms with E-state index >= 15 is 0 Å². The Hall–Kier alpha value is -2.45. The predicted octanol–water partition coefficient (Wildman–Crippen LogP) is 4.57. The molecule has 1 aromatic heterocycles. The van der Waals surface area contributed by atoms with Crippen molar-refractivity contribution >= 4 is 29.1 Å². The summed E-state index contributed by atoms with van der Waals surface area (Å²) >= 11 is 1.63. The SMILES string of the molecule is Cc1cnc(-c2ccc(NC(=O)OCC3CCC(COCC(=O)O)CC3)cc2)s1. The van der Waals surface area contributed by atoms with Crippen molar-refractivity contribution in [1.82, 2.24) is 4.98 Å². The lowest BCUT2D eigenvalue weighted by molar-refractivity contribution is -0.142. The highest BCUT2D eigenvalue weighted by Crippen LogP contribution is 2.29. The van der Waals surface area contributed by atoms with Crippen molar-refractivity contribution in [2.24, 2.45) is 11.8 Å². The number of aromatic nitrogens is 1. The number of carbonyl (C=O) groups excluding carboxylic acids is 1. The van der Waals surface area contributed by atoms with E-state index in [9.17, 15) is 9.59 Å². The molecule has 1 saturated carbocycles. The second kappa shape index (κ2) is 10.4. The maximum absolute atomic E-state index is 12.1. The van der Waals surface area contributed by atoms with E-state index in [1.165, 1.54) is 0 Å². The number of rotatable bonds is 8. The van der Waals surface area contributed by atoms with E-state index in [1.807, 2.05) is 37.4 Å². The molecule has 1 fully saturated rings. The number of nitrogens with one attached hydrogen (secondary N) is 1. The van der Waals surface area contributed by atoms with Crippen LogP contribution in [-0.4, -0.2) is 42.0 Å². The molecule has 0 atom stereocenters. The van der Waals surface area contributed by atoms with Crippen LogP contribution >= 0.6 is 11.3 Å². The molecular weight excluding hydrogens is 392 g/mol. The summed E-state index contributed by atoms with van der Waals surface area (Å²) in [5, 5.41) is 12.3. The van der Waals surface area contributed by atoms with Gasteiger partial charge in [-0.3, -0.25) is 5.32 Å². The number of nitrogens with zero attached hydrogens (tertiary/aromatic N) is 1. The van der Waals surface area contributed by atoms with Crippen molar-refractivity contribution in [1.29, 1.82) is 0 Å². The average Bonchev–Trinajstić information content (AvgIpc) is 3.14. The van der Waals surface area contributed by atoms with Gasteiger partial charge in [-0.25, -0.2) is 14.6 Å². The fraction of sp³-hybridized carbons (Fsp3) is 0.476. The summed E-state index contributed by atoms with van der Waals surface area (Å²) in [6.07, 6.45) is 5.24. The van der Waals surface area contributed by atoms with Crippen molar-refractivity contribution in [3.63, 3.8) is 0 Å². The Labute approximate surface area is 174 Å². The van der Waals surface area contributed by atoms with E-state index in [-0.39, 0.29) is 6.61 Å². The number of hydrogen-bond donors (Lipinski definition) is 2. The van der Waals surface area contributed by atoms with Crippen molar-refractivity contribution in [2.45, 2.75) is 32.6 Å². The first kappa shape index (κ1) is 21.3. The van der Waals surface area contributed by atoms with Crippen LogP contribution in [0.2, 0.25) is 0 Å². The van der Waals surface area contributed by atoms with E-state index in [0.29, 0.717) is 30.7 Å². The van der Waals surface area contributed by atoms with Gasteiger partial charge in [0, 0.05) is 22.3 Å². The summed E-state index contributed by atoms with van der Waals surface area (Å²) in [6.45, 7) is 2.66. The number of amides is 1. The van der Waals surface area contributed by atoms with Crippen LogP contribution in [0.4, 0.5) is 10.5 Å². The van der Waals surface area contributed by atoms with Gasteiger partial charge in [-0.15, -0.1) is 11.3 Å². The number of aliphatic carboxylic acids is 1. The van der Waals surface area contributed by atoms with E-state index in [1.54, 1.807) is 11.3 Å². The normalized spacial score (nSPS) is 18.9. The van der Waals surface area contributed by atoms with Crippen LogP contribution in [0.5, 0.6) is 0 Å². The molecule has 1 aliphatic carbocycles. The highest BCUT2D eigenvalue weighted by Gasteiger charge is 2.22. The van der Waals surface area contributed by atoms with Gasteiger partial charge in [0.2, 0.25) is 0 Å². The minimum Gasteiger partial charge on any atom is -0.480 e. The molecule has 2 N–H and O–H groups in total. The Morgan fingerprint density at radius 3 is 2.38 bits per heavy atom. The largest absolute Gasteiger partial charge is 0.480 e. The second-order valence-electron chi connectivity index (χ2n) is 7.37. The van der Waals surface area contributed by atoms with Crippen molar-refractivity contribution in [3.8, 4) is 10.6 Å². The number of ether oxygens (including phenoxy) is 2. The third-order valence-corrected chi connectivity index (χ3v) is 5.96. The molecule has 2 aromatic rings. The molecule has 1 aromatic carbocycles. The zero-order chi connectivity index (χ0) is 20.6. The zero-order valence-electron chi connectivity index (χ0n) is 16.4. The lowest BCUT2D eigenvalue weighted by Gasteiger charge is -2.27. The van der Waals surface area contributed by atoms with Crippen molar-refractivity contribution in [3.05, 3.63) is 35.3 Å². The third kappa shape index (κ3) is 6.83. The Bertz CT molecular complexity index is 813. The first-order valence-electron chi connectivity index (χ1n) is 9.76. The summed E-state index contributed by atoms with van der Waals surface area (Å²) in [6, 6.07) is 7.55. The molecule has 0 aliphatic heterocycles. The third-order valence-electron chi connectivity index (χ3n) is 5.00. The first-order chi connectivity index (χ1) is 14.0. The van der Waals surface area contributed by atoms with Crippen LogP contribution in [0.1, 0.15) is 30.6 Å². The van der Waals surface area contributed by atoms with Gasteiger partial charge in [-0.05, 0) is 68.7 Å². The van der Waals surface area contributed by atoms with E-state index in [2.05, 4.69) is 10.3 Å². The summed E-state index contributed by atoms with van der Waals surface area (Å²) in [4.78, 5) is 28.1. The molecule has 7 nitrogen and oxygen atoms in total. The standard InChI is InChI=1S/C21H26N2O5S/c1-14-10-22-20(29-14)17-6-8-18(9-7-17)23-21(26)28-12-16-4-2-15(3-5-16)11-27-13-19(24)25/h6-10,15-16H,2-5,11-13H2,1H3,(H,23,26)(H,24,25). The molecule has 0 spiro atoms. The molecule has 1 amide bonds. The number of carbonyl (C=O) groups is 2. The van der Waals surface area contributed by atoms with Gasteiger partial charge < -0.3 is 14.6 Å². The Morgan fingerprint density at radius 1 is 1.14 bits per heavy atom. The van der Waals surface area contributed by atoms with E-state index in [0.717, 1.165) is 41.1 Å². The Morgan fingerprint density at radius 2 is 1.79 bits per heavy atom. The van der Waals surface area contributed by atoms with Gasteiger partial charge in [0.15, 0.2) is 0 Å². The molecule has 3 rings (SSSR count). The smallest absolute Gasteiger partial charge is 0.411 e. The summed E-state index contributed by atoms with van der Waals surface area (Å²) in [7, 11) is 0. The van der Waals surface area contributed by atoms with Gasteiger partial charge in [0.05, 0.1) is 13.2 Å². The van der Waals surface area contributed by atoms with Crippen LogP contribution < -0.4 is 5.32 Å². The fourth-order valence-corrected chi connectivity index (χ4v) is 4.18. The quantitative estimate of drug-likeness (QED) is 0.651. The Balaban J connectivity index is 1.35. The molecule has 0 unspecified atom stereocenters. The van der Waals surface area contributed by atoms with Crippen molar-refractivity contribution < 1.29 is 24.2 Å². The first-order valence-corrected chi connectivity index (χ1v) is 10.6. The van der Waals surface area contributed by atoms with Gasteiger partial charge in [0.25, 0.3) is 0 Å². The highest BCUT2D eigenvalue weighted by molar-refractivity contribution is 7.14. The number of carboxylic acid groups (broad SMARTS) is 1. The van der Waals surface area contributed by atoms with Crippen LogP contribution in [0.25, 0.3) is 10.6 Å². The average molecular weight is 419 g/mol. The molecule has 1 aliphatic rings. The maximum Gasteiger partial charge on any atom is 0.411 e. The summed E-state index contributed by atoms with van der Waals surface area (Å²) in [5.74, 6) is -0.211. The van der Waals surface area contributed by atoms with Crippen LogP contribution in [0.3, 0.4) is 0 Å². The van der Waals surface area contributed by atoms with Crippen LogP contribution in [0, 0.1) is 18.8 Å². The number of carboxylic acids is 1. The highest BCUT2D eigenvalue weighted by atomic mass is 32.1. The van der Waals surface area contributed by atoms with Gasteiger partial charge in [-0.2, -0.15) is 0 Å². The zero-order valence-corrected chi connectivity index (χ0v) is 17.2. The molecule has 0 bridgehead atoms. The summed E-state index contributed by atoms with van der Waals surface area (Å²) < 4.78 is 10.6. The van der Waals surface area contributed by atoms with E-state index in [4.69, 9.17) is 14.6 Å². The predicted molar refractivity (Wildman–Crippen MR) is 111 cm³/mol. The molecule has 29 heavy (non-hydrogen) atoms. The van der Waals surface area contributed by atoms with Crippen LogP contribution in [-0.2, 0) is 14.3 Å². The molecule has 8 heteroatoms. The van der Waals surface area contributed by atoms with Gasteiger partial charge >= 0.3 is 12.1 Å². The molecule has 1 heterocycles. The molecule has 0 saturated heterocycles. The fourth-order valence-electron chi connectivity index (χ4n) is 3.41. The number of aryl methyl sites for hydroxylation is 1. The number of hydrogen-bond acceptors (Lipinski definition) is 6. The van der Waals surface area contributed by atoms with Crippen LogP contribution in [0.15, 0.2) is 30.5 Å². The minimum atomic E-state index is -0.939. The molecule has 0 radical (unpaired) electrons. The van der Waals surface area contributed by atoms with Crippen molar-refractivity contribution in [2.75, 3.05) is 25.1 Å². The topological polar surface area (TPSA) is 97.8 Å². The van der Waals surface area contributed by atoms with E-state index < -0.39 is 12.1 Å². The minimum absolute atomic E-state index is 0.242. The lowest BCUT2D eigenvalue weighted by atomic mass is 9.83. The Kier molecular flexibility index (Phi) is 7.60. The monoisotopic (exact) mass is 418 g/mol. The second-order valence-corrected chi connectivity index (χ2v) is 8.61. The molecular formula is C21H26N2O5S. The number of benzene rings is 1. The van der Waals surface area contributed by atoms with Gasteiger partial charge in [0.1, 0.15) is 11.6 Å². The summed E-state index contributed by atoms with van der Waals surface area (Å²) in [5.41, 5.74) is 1.71.